The highest BCUT2D eigenvalue weighted by atomic mass is 19.1. The predicted octanol–water partition coefficient (Wildman–Crippen LogP) is 3.10. The van der Waals surface area contributed by atoms with Gasteiger partial charge in [-0.15, -0.1) is 0 Å². The molecule has 1 amide bonds. The molecule has 1 aromatic carbocycles. The van der Waals surface area contributed by atoms with Gasteiger partial charge in [-0.05, 0) is 36.5 Å². The highest BCUT2D eigenvalue weighted by molar-refractivity contribution is 5.94. The largest absolute Gasteiger partial charge is 0.345 e. The van der Waals surface area contributed by atoms with Gasteiger partial charge in [0.25, 0.3) is 5.91 Å². The number of aromatic nitrogens is 1. The molecule has 1 unspecified atom stereocenters. The lowest BCUT2D eigenvalue weighted by molar-refractivity contribution is 0.0926. The minimum atomic E-state index is -0.729. The molecular weight excluding hydrogens is 255 g/mol. The number of rotatable bonds is 4. The molecule has 1 atom stereocenters. The van der Waals surface area contributed by atoms with Crippen LogP contribution in [0.1, 0.15) is 34.8 Å². The summed E-state index contributed by atoms with van der Waals surface area (Å²) in [6.45, 7) is 0. The van der Waals surface area contributed by atoms with Crippen LogP contribution in [-0.2, 0) is 0 Å². The molecule has 1 aromatic heterocycles. The van der Waals surface area contributed by atoms with Crippen molar-refractivity contribution in [3.63, 3.8) is 0 Å². The molecular formula is C16H15FN2O. The Morgan fingerprint density at radius 1 is 1.20 bits per heavy atom. The number of pyridine rings is 1. The lowest BCUT2D eigenvalue weighted by Gasteiger charge is -2.18. The van der Waals surface area contributed by atoms with Crippen molar-refractivity contribution in [3.8, 4) is 0 Å². The van der Waals surface area contributed by atoms with Crippen LogP contribution in [0.5, 0.6) is 0 Å². The van der Waals surface area contributed by atoms with Gasteiger partial charge in [0.2, 0.25) is 5.95 Å². The van der Waals surface area contributed by atoms with Gasteiger partial charge in [0.1, 0.15) is 0 Å². The summed E-state index contributed by atoms with van der Waals surface area (Å²) in [4.78, 5) is 15.7. The number of nitrogens with zero attached hydrogens (tertiary/aromatic N) is 1. The van der Waals surface area contributed by atoms with Gasteiger partial charge < -0.3 is 5.32 Å². The van der Waals surface area contributed by atoms with Gasteiger partial charge in [-0.1, -0.05) is 30.3 Å². The smallest absolute Gasteiger partial charge is 0.256 e. The van der Waals surface area contributed by atoms with Crippen LogP contribution in [0.4, 0.5) is 4.39 Å². The zero-order valence-electron chi connectivity index (χ0n) is 10.9. The van der Waals surface area contributed by atoms with Crippen LogP contribution in [-0.4, -0.2) is 10.9 Å². The van der Waals surface area contributed by atoms with Crippen molar-refractivity contribution in [2.24, 2.45) is 5.92 Å². The molecule has 0 bridgehead atoms. The first-order chi connectivity index (χ1) is 9.75. The van der Waals surface area contributed by atoms with E-state index in [1.54, 1.807) is 6.07 Å². The summed E-state index contributed by atoms with van der Waals surface area (Å²) in [5.74, 6) is -0.690. The van der Waals surface area contributed by atoms with Crippen molar-refractivity contribution in [2.45, 2.75) is 18.9 Å². The van der Waals surface area contributed by atoms with Crippen LogP contribution in [0.25, 0.3) is 0 Å². The fourth-order valence-corrected chi connectivity index (χ4v) is 2.34. The summed E-state index contributed by atoms with van der Waals surface area (Å²) < 4.78 is 13.5. The first kappa shape index (κ1) is 12.8. The molecule has 1 aliphatic rings. The van der Waals surface area contributed by atoms with Crippen LogP contribution < -0.4 is 5.32 Å². The Morgan fingerprint density at radius 3 is 2.60 bits per heavy atom. The normalized spacial score (nSPS) is 15.7. The third-order valence-electron chi connectivity index (χ3n) is 3.54. The van der Waals surface area contributed by atoms with Crippen LogP contribution in [0.15, 0.2) is 48.7 Å². The Kier molecular flexibility index (Phi) is 3.46. The lowest BCUT2D eigenvalue weighted by atomic mass is 10.0. The van der Waals surface area contributed by atoms with Crippen LogP contribution in [0.2, 0.25) is 0 Å². The van der Waals surface area contributed by atoms with Crippen molar-refractivity contribution in [1.29, 1.82) is 0 Å². The number of halogens is 1. The Bertz CT molecular complexity index is 611. The fourth-order valence-electron chi connectivity index (χ4n) is 2.34. The molecule has 1 N–H and O–H groups in total. The van der Waals surface area contributed by atoms with Crippen LogP contribution in [0, 0.1) is 11.9 Å². The summed E-state index contributed by atoms with van der Waals surface area (Å²) in [6, 6.07) is 12.8. The minimum absolute atomic E-state index is 0.00548. The van der Waals surface area contributed by atoms with E-state index < -0.39 is 11.9 Å². The lowest BCUT2D eigenvalue weighted by Crippen LogP contribution is -2.30. The molecule has 1 fully saturated rings. The second kappa shape index (κ2) is 5.41. The first-order valence-electron chi connectivity index (χ1n) is 6.72. The minimum Gasteiger partial charge on any atom is -0.345 e. The topological polar surface area (TPSA) is 42.0 Å². The van der Waals surface area contributed by atoms with E-state index >= 15 is 0 Å². The zero-order valence-corrected chi connectivity index (χ0v) is 10.9. The maximum atomic E-state index is 13.5. The second-order valence-corrected chi connectivity index (χ2v) is 5.04. The second-order valence-electron chi connectivity index (χ2n) is 5.04. The van der Waals surface area contributed by atoms with Gasteiger partial charge in [0.15, 0.2) is 0 Å². The Labute approximate surface area is 116 Å². The highest BCUT2D eigenvalue weighted by Crippen LogP contribution is 2.41. The number of carbonyl (C=O) groups is 1. The highest BCUT2D eigenvalue weighted by Gasteiger charge is 2.33. The molecule has 102 valence electrons. The van der Waals surface area contributed by atoms with Gasteiger partial charge in [0, 0.05) is 6.20 Å². The van der Waals surface area contributed by atoms with E-state index in [0.717, 1.165) is 18.4 Å². The average Bonchev–Trinajstić information content (AvgIpc) is 3.30. The van der Waals surface area contributed by atoms with Crippen molar-refractivity contribution in [3.05, 3.63) is 65.7 Å². The van der Waals surface area contributed by atoms with E-state index in [4.69, 9.17) is 0 Å². The molecule has 0 radical (unpaired) electrons. The van der Waals surface area contributed by atoms with Gasteiger partial charge in [-0.25, -0.2) is 4.98 Å². The maximum absolute atomic E-state index is 13.5. The molecule has 1 aliphatic carbocycles. The molecule has 1 heterocycles. The maximum Gasteiger partial charge on any atom is 0.256 e. The molecule has 1 saturated carbocycles. The van der Waals surface area contributed by atoms with E-state index in [1.165, 1.54) is 12.3 Å². The van der Waals surface area contributed by atoms with Gasteiger partial charge in [-0.2, -0.15) is 4.39 Å². The van der Waals surface area contributed by atoms with Gasteiger partial charge in [0.05, 0.1) is 11.6 Å². The standard InChI is InChI=1S/C16H15FN2O/c17-15-13(7-4-10-18-15)16(20)19-14(12-8-9-12)11-5-2-1-3-6-11/h1-7,10,12,14H,8-9H2,(H,19,20). The summed E-state index contributed by atoms with van der Waals surface area (Å²) in [7, 11) is 0. The third kappa shape index (κ3) is 2.69. The molecule has 0 spiro atoms. The molecule has 2 aromatic rings. The summed E-state index contributed by atoms with van der Waals surface area (Å²) >= 11 is 0. The molecule has 0 aliphatic heterocycles. The van der Waals surface area contributed by atoms with E-state index in [-0.39, 0.29) is 11.6 Å². The molecule has 4 heteroatoms. The fraction of sp³-hybridized carbons (Fsp3) is 0.250. The van der Waals surface area contributed by atoms with Crippen molar-refractivity contribution in [2.75, 3.05) is 0 Å². The third-order valence-corrected chi connectivity index (χ3v) is 3.54. The van der Waals surface area contributed by atoms with E-state index in [0.29, 0.717) is 5.92 Å². The molecule has 20 heavy (non-hydrogen) atoms. The van der Waals surface area contributed by atoms with Crippen molar-refractivity contribution < 1.29 is 9.18 Å². The van der Waals surface area contributed by atoms with E-state index in [2.05, 4.69) is 10.3 Å². The number of amides is 1. The quantitative estimate of drug-likeness (QED) is 0.867. The van der Waals surface area contributed by atoms with Gasteiger partial charge in [-0.3, -0.25) is 4.79 Å². The van der Waals surface area contributed by atoms with Crippen LogP contribution in [0.3, 0.4) is 0 Å². The van der Waals surface area contributed by atoms with Crippen LogP contribution >= 0.6 is 0 Å². The number of benzene rings is 1. The number of nitrogens with one attached hydrogen (secondary N) is 1. The predicted molar refractivity (Wildman–Crippen MR) is 73.6 cm³/mol. The molecule has 3 nitrogen and oxygen atoms in total. The Balaban J connectivity index is 1.81. The summed E-state index contributed by atoms with van der Waals surface area (Å²) in [5, 5.41) is 2.93. The number of hydrogen-bond donors (Lipinski definition) is 1. The summed E-state index contributed by atoms with van der Waals surface area (Å²) in [5.41, 5.74) is 1.06. The Hall–Kier alpha value is -2.23. The number of carbonyl (C=O) groups excluding carboxylic acids is 1. The average molecular weight is 270 g/mol. The Morgan fingerprint density at radius 2 is 1.95 bits per heavy atom. The number of hydrogen-bond acceptors (Lipinski definition) is 2. The molecule has 3 rings (SSSR count). The van der Waals surface area contributed by atoms with E-state index in [9.17, 15) is 9.18 Å². The van der Waals surface area contributed by atoms with Crippen molar-refractivity contribution in [1.82, 2.24) is 10.3 Å². The SMILES string of the molecule is O=C(NC(c1ccccc1)C1CC1)c1cccnc1F. The molecule has 0 saturated heterocycles. The monoisotopic (exact) mass is 270 g/mol. The zero-order chi connectivity index (χ0) is 13.9. The van der Waals surface area contributed by atoms with E-state index in [1.807, 2.05) is 30.3 Å². The van der Waals surface area contributed by atoms with Gasteiger partial charge >= 0.3 is 0 Å². The first-order valence-corrected chi connectivity index (χ1v) is 6.72. The summed E-state index contributed by atoms with van der Waals surface area (Å²) in [6.07, 6.45) is 3.52. The van der Waals surface area contributed by atoms with Crippen molar-refractivity contribution >= 4 is 5.91 Å².